The van der Waals surface area contributed by atoms with Crippen LogP contribution in [0.4, 0.5) is 0 Å². The minimum Gasteiger partial charge on any atom is -0.496 e. The van der Waals surface area contributed by atoms with Gasteiger partial charge < -0.3 is 19.5 Å². The largest absolute Gasteiger partial charge is 0.496 e. The lowest BCUT2D eigenvalue weighted by atomic mass is 10.1. The molecule has 0 spiro atoms. The van der Waals surface area contributed by atoms with Gasteiger partial charge in [-0.15, -0.1) is 0 Å². The number of hydrogen-bond donors (Lipinski definition) is 1. The van der Waals surface area contributed by atoms with Crippen molar-refractivity contribution >= 4 is 11.9 Å². The predicted molar refractivity (Wildman–Crippen MR) is 97.9 cm³/mol. The van der Waals surface area contributed by atoms with Crippen LogP contribution < -0.4 is 4.74 Å². The first-order valence-corrected chi connectivity index (χ1v) is 8.80. The van der Waals surface area contributed by atoms with E-state index in [4.69, 9.17) is 14.6 Å². The number of carboxylic acids is 1. The fraction of sp³-hybridized carbons (Fsp3) is 0.350. The molecule has 0 radical (unpaired) electrons. The molecule has 1 saturated heterocycles. The van der Waals surface area contributed by atoms with Crippen molar-refractivity contribution in [2.75, 3.05) is 20.2 Å². The lowest BCUT2D eigenvalue weighted by Crippen LogP contribution is -2.40. The SMILES string of the molecule is COc1ccccc1COC1CCN(C(=O)c2ccnc(C(=O)O)c2)CC1. The van der Waals surface area contributed by atoms with Gasteiger partial charge >= 0.3 is 5.97 Å². The maximum atomic E-state index is 12.6. The second kappa shape index (κ2) is 8.64. The summed E-state index contributed by atoms with van der Waals surface area (Å²) in [6.45, 7) is 1.61. The van der Waals surface area contributed by atoms with Gasteiger partial charge in [-0.3, -0.25) is 4.79 Å². The Morgan fingerprint density at radius 1 is 1.22 bits per heavy atom. The molecule has 2 aromatic rings. The average Bonchev–Trinajstić information content (AvgIpc) is 2.72. The summed E-state index contributed by atoms with van der Waals surface area (Å²) in [5.41, 5.74) is 1.21. The highest BCUT2D eigenvalue weighted by molar-refractivity contribution is 5.96. The molecular formula is C20H22N2O5. The summed E-state index contributed by atoms with van der Waals surface area (Å²) < 4.78 is 11.3. The lowest BCUT2D eigenvalue weighted by molar-refractivity contribution is -0.000964. The number of piperidine rings is 1. The summed E-state index contributed by atoms with van der Waals surface area (Å²) in [5.74, 6) is -0.520. The minimum atomic E-state index is -1.15. The van der Waals surface area contributed by atoms with Gasteiger partial charge in [-0.1, -0.05) is 18.2 Å². The molecule has 27 heavy (non-hydrogen) atoms. The summed E-state index contributed by atoms with van der Waals surface area (Å²) in [5, 5.41) is 9.01. The Kier molecular flexibility index (Phi) is 6.03. The Morgan fingerprint density at radius 3 is 2.67 bits per heavy atom. The van der Waals surface area contributed by atoms with Crippen molar-refractivity contribution in [1.82, 2.24) is 9.88 Å². The standard InChI is InChI=1S/C20H22N2O5/c1-26-18-5-3-2-4-15(18)13-27-16-7-10-22(11-8-16)19(23)14-6-9-21-17(12-14)20(24)25/h2-6,9,12,16H,7-8,10-11,13H2,1H3,(H,24,25). The molecule has 0 bridgehead atoms. The molecule has 1 fully saturated rings. The monoisotopic (exact) mass is 370 g/mol. The second-order valence-electron chi connectivity index (χ2n) is 6.35. The van der Waals surface area contributed by atoms with Crippen LogP contribution in [-0.2, 0) is 11.3 Å². The first-order chi connectivity index (χ1) is 13.1. The zero-order valence-corrected chi connectivity index (χ0v) is 15.1. The third-order valence-electron chi connectivity index (χ3n) is 4.62. The van der Waals surface area contributed by atoms with E-state index in [1.54, 1.807) is 18.1 Å². The average molecular weight is 370 g/mol. The van der Waals surface area contributed by atoms with E-state index in [0.29, 0.717) is 25.3 Å². The summed E-state index contributed by atoms with van der Waals surface area (Å²) in [7, 11) is 1.64. The maximum absolute atomic E-state index is 12.6. The number of aromatic nitrogens is 1. The van der Waals surface area contributed by atoms with E-state index in [1.165, 1.54) is 12.3 Å². The molecule has 1 aromatic carbocycles. The number of carbonyl (C=O) groups excluding carboxylic acids is 1. The maximum Gasteiger partial charge on any atom is 0.354 e. The van der Waals surface area contributed by atoms with E-state index < -0.39 is 5.97 Å². The molecule has 0 atom stereocenters. The van der Waals surface area contributed by atoms with Crippen molar-refractivity contribution in [2.45, 2.75) is 25.6 Å². The number of nitrogens with zero attached hydrogens (tertiary/aromatic N) is 2. The molecule has 1 aromatic heterocycles. The van der Waals surface area contributed by atoms with Crippen LogP contribution in [0.1, 0.15) is 39.3 Å². The fourth-order valence-electron chi connectivity index (χ4n) is 3.12. The molecular weight excluding hydrogens is 348 g/mol. The van der Waals surface area contributed by atoms with Crippen molar-refractivity contribution in [3.8, 4) is 5.75 Å². The molecule has 7 heteroatoms. The number of likely N-dealkylation sites (tertiary alicyclic amines) is 1. The number of aromatic carboxylic acids is 1. The molecule has 0 aliphatic carbocycles. The smallest absolute Gasteiger partial charge is 0.354 e. The van der Waals surface area contributed by atoms with Crippen molar-refractivity contribution < 1.29 is 24.2 Å². The van der Waals surface area contributed by atoms with Gasteiger partial charge in [-0.05, 0) is 31.0 Å². The van der Waals surface area contributed by atoms with Gasteiger partial charge in [0.1, 0.15) is 11.4 Å². The molecule has 2 heterocycles. The molecule has 142 valence electrons. The van der Waals surface area contributed by atoms with Gasteiger partial charge in [0.25, 0.3) is 5.91 Å². The quantitative estimate of drug-likeness (QED) is 0.841. The number of carbonyl (C=O) groups is 2. The Hall–Kier alpha value is -2.93. The van der Waals surface area contributed by atoms with Crippen LogP contribution in [-0.4, -0.2) is 53.2 Å². The summed E-state index contributed by atoms with van der Waals surface area (Å²) in [4.78, 5) is 29.1. The number of hydrogen-bond acceptors (Lipinski definition) is 5. The minimum absolute atomic E-state index is 0.0750. The first-order valence-electron chi connectivity index (χ1n) is 8.80. The number of para-hydroxylation sites is 1. The van der Waals surface area contributed by atoms with Crippen LogP contribution in [0.15, 0.2) is 42.6 Å². The third-order valence-corrected chi connectivity index (χ3v) is 4.62. The van der Waals surface area contributed by atoms with Crippen molar-refractivity contribution in [3.63, 3.8) is 0 Å². The fourth-order valence-corrected chi connectivity index (χ4v) is 3.12. The van der Waals surface area contributed by atoms with Gasteiger partial charge in [0, 0.05) is 30.4 Å². The number of rotatable bonds is 6. The number of benzene rings is 1. The van der Waals surface area contributed by atoms with Crippen molar-refractivity contribution in [3.05, 3.63) is 59.4 Å². The van der Waals surface area contributed by atoms with Gasteiger partial charge in [0.05, 0.1) is 19.8 Å². The summed E-state index contributed by atoms with van der Waals surface area (Å²) in [6, 6.07) is 10.6. The van der Waals surface area contributed by atoms with Gasteiger partial charge in [0.2, 0.25) is 0 Å². The normalized spacial score (nSPS) is 14.8. The van der Waals surface area contributed by atoms with Gasteiger partial charge in [-0.2, -0.15) is 0 Å². The zero-order chi connectivity index (χ0) is 19.2. The van der Waals surface area contributed by atoms with E-state index >= 15 is 0 Å². The van der Waals surface area contributed by atoms with Crippen LogP contribution in [0.25, 0.3) is 0 Å². The first kappa shape index (κ1) is 18.8. The second-order valence-corrected chi connectivity index (χ2v) is 6.35. The molecule has 1 aliphatic heterocycles. The van der Waals surface area contributed by atoms with Crippen molar-refractivity contribution in [1.29, 1.82) is 0 Å². The Morgan fingerprint density at radius 2 is 1.96 bits per heavy atom. The van der Waals surface area contributed by atoms with Gasteiger partial charge in [0.15, 0.2) is 0 Å². The highest BCUT2D eigenvalue weighted by atomic mass is 16.5. The molecule has 0 unspecified atom stereocenters. The Labute approximate surface area is 157 Å². The van der Waals surface area contributed by atoms with E-state index in [9.17, 15) is 9.59 Å². The summed E-state index contributed by atoms with van der Waals surface area (Å²) >= 11 is 0. The predicted octanol–water partition coefficient (Wildman–Crippen LogP) is 2.61. The lowest BCUT2D eigenvalue weighted by Gasteiger charge is -2.32. The van der Waals surface area contributed by atoms with Gasteiger partial charge in [-0.25, -0.2) is 9.78 Å². The van der Waals surface area contributed by atoms with E-state index in [1.807, 2.05) is 24.3 Å². The van der Waals surface area contributed by atoms with E-state index in [2.05, 4.69) is 4.98 Å². The van der Waals surface area contributed by atoms with E-state index in [-0.39, 0.29) is 17.7 Å². The highest BCUT2D eigenvalue weighted by Crippen LogP contribution is 2.22. The number of methoxy groups -OCH3 is 1. The molecule has 3 rings (SSSR count). The third kappa shape index (κ3) is 4.62. The number of ether oxygens (including phenoxy) is 2. The zero-order valence-electron chi connectivity index (χ0n) is 15.1. The Bertz CT molecular complexity index is 816. The summed E-state index contributed by atoms with van der Waals surface area (Å²) in [6.07, 6.45) is 2.89. The van der Waals surface area contributed by atoms with E-state index in [0.717, 1.165) is 24.2 Å². The number of amides is 1. The molecule has 7 nitrogen and oxygen atoms in total. The number of pyridine rings is 1. The molecule has 0 saturated carbocycles. The molecule has 1 amide bonds. The molecule has 1 aliphatic rings. The van der Waals surface area contributed by atoms with Crippen molar-refractivity contribution in [2.24, 2.45) is 0 Å². The number of carboxylic acid groups (broad SMARTS) is 1. The van der Waals surface area contributed by atoms with Crippen LogP contribution >= 0.6 is 0 Å². The highest BCUT2D eigenvalue weighted by Gasteiger charge is 2.25. The Balaban J connectivity index is 1.53. The molecule has 1 N–H and O–H groups in total. The van der Waals surface area contributed by atoms with Crippen LogP contribution in [0, 0.1) is 0 Å². The van der Waals surface area contributed by atoms with Crippen LogP contribution in [0.5, 0.6) is 5.75 Å². The topological polar surface area (TPSA) is 89.0 Å². The van der Waals surface area contributed by atoms with Crippen LogP contribution in [0.2, 0.25) is 0 Å². The van der Waals surface area contributed by atoms with Crippen LogP contribution in [0.3, 0.4) is 0 Å².